The van der Waals surface area contributed by atoms with Crippen LogP contribution in [-0.2, 0) is 16.0 Å². The molecular formula is C37H47ClFN9O3. The second kappa shape index (κ2) is 19.0. The molecule has 0 bridgehead atoms. The Kier molecular flexibility index (Phi) is 14.6. The van der Waals surface area contributed by atoms with Gasteiger partial charge in [0, 0.05) is 42.2 Å². The van der Waals surface area contributed by atoms with Crippen molar-refractivity contribution in [2.24, 2.45) is 17.6 Å². The minimum Gasteiger partial charge on any atom is -0.351 e. The molecule has 1 aromatic heterocycles. The fraction of sp³-hybridized carbons (Fsp3) is 0.405. The molecule has 0 saturated heterocycles. The molecule has 3 aromatic carbocycles. The summed E-state index contributed by atoms with van der Waals surface area (Å²) in [7, 11) is 0. The standard InChI is InChI=1S/C37H46FN9O3.ClH/c1-3-47(4-2)21-20-40-36(49)31-7-5-6-30(33(31)38)26-12-8-24(9-13-26)22-32(42-35(48)28-14-10-25(23-39)11-15-28)37(50)41-29-18-16-27(17-19-29)34-43-45-46-44-34;/h5-9,12-13,16-19,25,28,32H,3-4,10-11,14-15,20-23,39H2,1-2H3,(H,40,49)(H,41,50)(H,42,48)(H,43,44,45,46);1H/t25-,28-,32-;/m0./s1. The summed E-state index contributed by atoms with van der Waals surface area (Å²) >= 11 is 0. The van der Waals surface area contributed by atoms with Crippen molar-refractivity contribution in [1.82, 2.24) is 36.2 Å². The lowest BCUT2D eigenvalue weighted by Gasteiger charge is -2.28. The van der Waals surface area contributed by atoms with Crippen LogP contribution in [0.3, 0.4) is 0 Å². The zero-order chi connectivity index (χ0) is 35.5. The zero-order valence-electron chi connectivity index (χ0n) is 29.0. The van der Waals surface area contributed by atoms with E-state index in [1.165, 1.54) is 6.07 Å². The highest BCUT2D eigenvalue weighted by Gasteiger charge is 2.29. The summed E-state index contributed by atoms with van der Waals surface area (Å²) in [5, 5.41) is 22.7. The van der Waals surface area contributed by atoms with Crippen LogP contribution < -0.4 is 21.7 Å². The van der Waals surface area contributed by atoms with Crippen molar-refractivity contribution in [3.05, 3.63) is 83.7 Å². The van der Waals surface area contributed by atoms with Gasteiger partial charge in [0.25, 0.3) is 5.91 Å². The molecule has 0 unspecified atom stereocenters. The number of carbonyl (C=O) groups excluding carboxylic acids is 3. The predicted octanol–water partition coefficient (Wildman–Crippen LogP) is 4.60. The Morgan fingerprint density at radius 3 is 2.27 bits per heavy atom. The lowest BCUT2D eigenvalue weighted by molar-refractivity contribution is -0.130. The number of aromatic amines is 1. The number of hydrogen-bond acceptors (Lipinski definition) is 8. The third kappa shape index (κ3) is 10.4. The van der Waals surface area contributed by atoms with E-state index in [1.807, 2.05) is 12.1 Å². The Morgan fingerprint density at radius 2 is 1.65 bits per heavy atom. The number of anilines is 1. The number of hydrogen-bond donors (Lipinski definition) is 5. The van der Waals surface area contributed by atoms with Gasteiger partial charge in [-0.05, 0) is 97.9 Å². The number of tetrazole rings is 1. The van der Waals surface area contributed by atoms with Gasteiger partial charge in [-0.25, -0.2) is 4.39 Å². The smallest absolute Gasteiger partial charge is 0.254 e. The molecule has 272 valence electrons. The molecule has 12 nitrogen and oxygen atoms in total. The van der Waals surface area contributed by atoms with E-state index >= 15 is 4.39 Å². The molecular weight excluding hydrogens is 673 g/mol. The molecule has 1 heterocycles. The van der Waals surface area contributed by atoms with Crippen LogP contribution in [0, 0.1) is 17.7 Å². The first-order valence-corrected chi connectivity index (χ1v) is 17.3. The van der Waals surface area contributed by atoms with Crippen molar-refractivity contribution in [1.29, 1.82) is 0 Å². The summed E-state index contributed by atoms with van der Waals surface area (Å²) in [6.45, 7) is 7.57. The van der Waals surface area contributed by atoms with Crippen molar-refractivity contribution in [2.75, 3.05) is 38.0 Å². The van der Waals surface area contributed by atoms with Crippen LogP contribution in [0.5, 0.6) is 0 Å². The molecule has 1 atom stereocenters. The van der Waals surface area contributed by atoms with Crippen LogP contribution in [-0.4, -0.2) is 82.0 Å². The normalized spacial score (nSPS) is 16.2. The lowest BCUT2D eigenvalue weighted by atomic mass is 9.81. The van der Waals surface area contributed by atoms with Gasteiger partial charge in [0.05, 0.1) is 5.56 Å². The van der Waals surface area contributed by atoms with Crippen LogP contribution in [0.2, 0.25) is 0 Å². The minimum absolute atomic E-state index is 0. The summed E-state index contributed by atoms with van der Waals surface area (Å²) < 4.78 is 15.6. The predicted molar refractivity (Wildman–Crippen MR) is 198 cm³/mol. The SMILES string of the molecule is CCN(CC)CCNC(=O)c1cccc(-c2ccc(C[C@H](NC(=O)[C@H]3CC[C@H](CN)CC3)C(=O)Nc3ccc(-c4nn[nH]n4)cc3)cc2)c1F.Cl. The van der Waals surface area contributed by atoms with E-state index in [0.29, 0.717) is 48.2 Å². The first-order chi connectivity index (χ1) is 24.3. The number of aromatic nitrogens is 4. The fourth-order valence-corrected chi connectivity index (χ4v) is 6.32. The van der Waals surface area contributed by atoms with Crippen molar-refractivity contribution < 1.29 is 18.8 Å². The summed E-state index contributed by atoms with van der Waals surface area (Å²) in [5.74, 6) is -0.908. The number of nitrogens with zero attached hydrogens (tertiary/aromatic N) is 4. The number of nitrogens with two attached hydrogens (primary N) is 1. The molecule has 0 radical (unpaired) electrons. The van der Waals surface area contributed by atoms with Gasteiger partial charge in [-0.2, -0.15) is 5.21 Å². The number of likely N-dealkylation sites (N-methyl/N-ethyl adjacent to an activating group) is 1. The number of rotatable bonds is 15. The Labute approximate surface area is 303 Å². The van der Waals surface area contributed by atoms with Gasteiger partial charge in [0.15, 0.2) is 0 Å². The van der Waals surface area contributed by atoms with Crippen LogP contribution in [0.15, 0.2) is 66.7 Å². The highest BCUT2D eigenvalue weighted by molar-refractivity contribution is 5.98. The molecule has 0 aliphatic heterocycles. The highest BCUT2D eigenvalue weighted by atomic mass is 35.5. The van der Waals surface area contributed by atoms with Gasteiger partial charge in [0.2, 0.25) is 17.6 Å². The van der Waals surface area contributed by atoms with Crippen molar-refractivity contribution in [3.63, 3.8) is 0 Å². The van der Waals surface area contributed by atoms with Crippen LogP contribution >= 0.6 is 12.4 Å². The van der Waals surface area contributed by atoms with E-state index < -0.39 is 17.8 Å². The minimum atomic E-state index is -0.863. The number of benzene rings is 3. The molecule has 1 aliphatic carbocycles. The largest absolute Gasteiger partial charge is 0.351 e. The lowest BCUT2D eigenvalue weighted by Crippen LogP contribution is -2.48. The molecule has 1 aliphatic rings. The molecule has 0 spiro atoms. The van der Waals surface area contributed by atoms with E-state index in [4.69, 9.17) is 5.73 Å². The number of amides is 3. The highest BCUT2D eigenvalue weighted by Crippen LogP contribution is 2.29. The Balaban J connectivity index is 0.00000583. The zero-order valence-corrected chi connectivity index (χ0v) is 29.8. The molecule has 51 heavy (non-hydrogen) atoms. The van der Waals surface area contributed by atoms with Crippen molar-refractivity contribution >= 4 is 35.8 Å². The summed E-state index contributed by atoms with van der Waals surface area (Å²) in [6.07, 6.45) is 3.44. The molecule has 4 aromatic rings. The third-order valence-electron chi connectivity index (χ3n) is 9.50. The van der Waals surface area contributed by atoms with Gasteiger partial charge in [-0.15, -0.1) is 22.6 Å². The third-order valence-corrected chi connectivity index (χ3v) is 9.50. The maximum Gasteiger partial charge on any atom is 0.254 e. The fourth-order valence-electron chi connectivity index (χ4n) is 6.32. The van der Waals surface area contributed by atoms with Gasteiger partial charge in [-0.1, -0.05) is 50.2 Å². The molecule has 14 heteroatoms. The first kappa shape index (κ1) is 39.1. The monoisotopic (exact) mass is 719 g/mol. The number of halogens is 2. The van der Waals surface area contributed by atoms with Gasteiger partial charge in [-0.3, -0.25) is 14.4 Å². The maximum absolute atomic E-state index is 15.6. The molecule has 3 amide bonds. The maximum atomic E-state index is 15.6. The van der Waals surface area contributed by atoms with E-state index in [1.54, 1.807) is 48.5 Å². The van der Waals surface area contributed by atoms with Crippen LogP contribution in [0.25, 0.3) is 22.5 Å². The average molecular weight is 720 g/mol. The van der Waals surface area contributed by atoms with Gasteiger partial charge < -0.3 is 26.6 Å². The van der Waals surface area contributed by atoms with Crippen LogP contribution in [0.1, 0.15) is 55.5 Å². The van der Waals surface area contributed by atoms with E-state index in [2.05, 4.69) is 55.3 Å². The molecule has 1 fully saturated rings. The Bertz CT molecular complexity index is 1710. The first-order valence-electron chi connectivity index (χ1n) is 17.3. The quantitative estimate of drug-likeness (QED) is 0.119. The number of H-pyrrole nitrogens is 1. The van der Waals surface area contributed by atoms with Crippen molar-refractivity contribution in [3.8, 4) is 22.5 Å². The van der Waals surface area contributed by atoms with Gasteiger partial charge in [0.1, 0.15) is 11.9 Å². The number of carbonyl (C=O) groups is 3. The average Bonchev–Trinajstić information content (AvgIpc) is 3.69. The van der Waals surface area contributed by atoms with E-state index in [9.17, 15) is 14.4 Å². The van der Waals surface area contributed by atoms with Crippen LogP contribution in [0.4, 0.5) is 10.1 Å². The Hall–Kier alpha value is -4.72. The summed E-state index contributed by atoms with van der Waals surface area (Å²) in [5.41, 5.74) is 8.78. The van der Waals surface area contributed by atoms with Crippen molar-refractivity contribution in [2.45, 2.75) is 52.0 Å². The van der Waals surface area contributed by atoms with E-state index in [-0.39, 0.29) is 42.1 Å². The Morgan fingerprint density at radius 1 is 0.961 bits per heavy atom. The molecule has 1 saturated carbocycles. The molecule has 5 rings (SSSR count). The van der Waals surface area contributed by atoms with Gasteiger partial charge >= 0.3 is 0 Å². The second-order valence-corrected chi connectivity index (χ2v) is 12.7. The second-order valence-electron chi connectivity index (χ2n) is 12.7. The summed E-state index contributed by atoms with van der Waals surface area (Å²) in [4.78, 5) is 42.1. The topological polar surface area (TPSA) is 171 Å². The molecule has 6 N–H and O–H groups in total. The summed E-state index contributed by atoms with van der Waals surface area (Å²) in [6, 6.07) is 18.1. The number of nitrogens with one attached hydrogen (secondary N) is 4. The van der Waals surface area contributed by atoms with E-state index in [0.717, 1.165) is 49.9 Å².